The van der Waals surface area contributed by atoms with Gasteiger partial charge in [0.25, 0.3) is 0 Å². The van der Waals surface area contributed by atoms with Crippen molar-refractivity contribution in [1.29, 1.82) is 0 Å². The molecule has 0 spiro atoms. The molecule has 2 rings (SSSR count). The van der Waals surface area contributed by atoms with Gasteiger partial charge in [0.05, 0.1) is 5.37 Å². The number of phenols is 1. The SMILES string of the molecule is CC1(C)S[C@H]([C@H](NC(=O)C(N)c2ccc(O)cc2)C(=O)O)NC1C(=O)O. The standard InChI is InChI=1S/C16H21N3O6S/c1-16(2)11(15(24)25)19-13(26-16)10(14(22)23)18-12(21)9(17)7-3-5-8(20)6-4-7/h3-6,9-11,13,19-20H,17H2,1-2H3,(H,18,21)(H,22,23)(H,24,25)/t9?,10-,11?,13+/m0/s1. The van der Waals surface area contributed by atoms with Crippen LogP contribution in [0.1, 0.15) is 25.5 Å². The molecule has 2 unspecified atom stereocenters. The highest BCUT2D eigenvalue weighted by Gasteiger charge is 2.49. The van der Waals surface area contributed by atoms with Crippen molar-refractivity contribution in [3.63, 3.8) is 0 Å². The van der Waals surface area contributed by atoms with Gasteiger partial charge in [0, 0.05) is 4.75 Å². The molecule has 1 aromatic carbocycles. The summed E-state index contributed by atoms with van der Waals surface area (Å²) < 4.78 is -0.756. The summed E-state index contributed by atoms with van der Waals surface area (Å²) in [5, 5.41) is 32.3. The number of nitrogens with one attached hydrogen (secondary N) is 2. The first-order valence-electron chi connectivity index (χ1n) is 7.77. The summed E-state index contributed by atoms with van der Waals surface area (Å²) in [5.74, 6) is -3.11. The van der Waals surface area contributed by atoms with Crippen LogP contribution in [0.25, 0.3) is 0 Å². The minimum atomic E-state index is -1.36. The number of carboxylic acids is 2. The van der Waals surface area contributed by atoms with Crippen LogP contribution in [-0.2, 0) is 14.4 Å². The van der Waals surface area contributed by atoms with Crippen molar-refractivity contribution >= 4 is 29.6 Å². The Hall–Kier alpha value is -2.30. The summed E-state index contributed by atoms with van der Waals surface area (Å²) in [4.78, 5) is 35.3. The number of thioether (sulfide) groups is 1. The van der Waals surface area contributed by atoms with Crippen LogP contribution in [0.4, 0.5) is 0 Å². The molecule has 1 heterocycles. The first-order chi connectivity index (χ1) is 12.0. The monoisotopic (exact) mass is 383 g/mol. The second kappa shape index (κ2) is 7.52. The quantitative estimate of drug-likeness (QED) is 0.392. The van der Waals surface area contributed by atoms with Gasteiger partial charge in [-0.05, 0) is 31.5 Å². The molecule has 10 heteroatoms. The van der Waals surface area contributed by atoms with Crippen molar-refractivity contribution < 1.29 is 29.7 Å². The van der Waals surface area contributed by atoms with E-state index < -0.39 is 46.1 Å². The predicted molar refractivity (Wildman–Crippen MR) is 94.6 cm³/mol. The van der Waals surface area contributed by atoms with E-state index in [0.29, 0.717) is 5.56 Å². The average molecular weight is 383 g/mol. The lowest BCUT2D eigenvalue weighted by atomic mass is 10.0. The molecule has 26 heavy (non-hydrogen) atoms. The normalized spacial score (nSPS) is 23.8. The zero-order valence-corrected chi connectivity index (χ0v) is 15.0. The summed E-state index contributed by atoms with van der Waals surface area (Å²) in [7, 11) is 0. The fourth-order valence-electron chi connectivity index (χ4n) is 2.67. The maximum absolute atomic E-state index is 12.4. The number of nitrogens with two attached hydrogens (primary N) is 1. The molecule has 0 bridgehead atoms. The van der Waals surface area contributed by atoms with E-state index in [-0.39, 0.29) is 5.75 Å². The van der Waals surface area contributed by atoms with Gasteiger partial charge >= 0.3 is 11.9 Å². The Morgan fingerprint density at radius 2 is 1.81 bits per heavy atom. The minimum absolute atomic E-state index is 0.0123. The molecule has 9 nitrogen and oxygen atoms in total. The van der Waals surface area contributed by atoms with Gasteiger partial charge in [0.1, 0.15) is 17.8 Å². The van der Waals surface area contributed by atoms with E-state index in [1.165, 1.54) is 24.3 Å². The van der Waals surface area contributed by atoms with E-state index in [1.807, 2.05) is 0 Å². The van der Waals surface area contributed by atoms with Crippen molar-refractivity contribution in [3.05, 3.63) is 29.8 Å². The van der Waals surface area contributed by atoms with Gasteiger partial charge < -0.3 is 26.4 Å². The maximum atomic E-state index is 12.4. The van der Waals surface area contributed by atoms with Crippen LogP contribution in [0.3, 0.4) is 0 Å². The van der Waals surface area contributed by atoms with Crippen molar-refractivity contribution in [3.8, 4) is 5.75 Å². The molecule has 0 aliphatic carbocycles. The molecular formula is C16H21N3O6S. The summed E-state index contributed by atoms with van der Waals surface area (Å²) in [6.07, 6.45) is 0. The molecule has 0 radical (unpaired) electrons. The molecule has 7 N–H and O–H groups in total. The molecule has 0 saturated carbocycles. The third-order valence-corrected chi connectivity index (χ3v) is 5.61. The molecule has 1 saturated heterocycles. The molecule has 1 fully saturated rings. The fraction of sp³-hybridized carbons (Fsp3) is 0.438. The maximum Gasteiger partial charge on any atom is 0.328 e. The van der Waals surface area contributed by atoms with Crippen molar-refractivity contribution in [2.75, 3.05) is 0 Å². The van der Waals surface area contributed by atoms with E-state index in [0.717, 1.165) is 11.8 Å². The number of amides is 1. The molecule has 1 amide bonds. The van der Waals surface area contributed by atoms with Crippen LogP contribution in [-0.4, -0.2) is 55.4 Å². The molecule has 1 aliphatic heterocycles. The molecule has 4 atom stereocenters. The Labute approximate surface area is 154 Å². The second-order valence-corrected chi connectivity index (χ2v) is 8.27. The Bertz CT molecular complexity index is 708. The van der Waals surface area contributed by atoms with Crippen LogP contribution >= 0.6 is 11.8 Å². The Morgan fingerprint density at radius 3 is 2.27 bits per heavy atom. The number of aromatic hydroxyl groups is 1. The highest BCUT2D eigenvalue weighted by atomic mass is 32.2. The number of benzene rings is 1. The van der Waals surface area contributed by atoms with Gasteiger partial charge in [-0.1, -0.05) is 12.1 Å². The number of aliphatic carboxylic acids is 2. The fourth-order valence-corrected chi connectivity index (χ4v) is 4.15. The number of hydrogen-bond acceptors (Lipinski definition) is 7. The lowest BCUT2D eigenvalue weighted by Gasteiger charge is -2.23. The number of phenolic OH excluding ortho intramolecular Hbond substituents is 1. The first-order valence-corrected chi connectivity index (χ1v) is 8.65. The van der Waals surface area contributed by atoms with Gasteiger partial charge in [0.2, 0.25) is 5.91 Å². The third-order valence-electron chi connectivity index (χ3n) is 4.11. The van der Waals surface area contributed by atoms with Gasteiger partial charge in [0.15, 0.2) is 6.04 Å². The van der Waals surface area contributed by atoms with Crippen molar-refractivity contribution in [2.45, 2.75) is 42.1 Å². The van der Waals surface area contributed by atoms with E-state index >= 15 is 0 Å². The Morgan fingerprint density at radius 1 is 1.23 bits per heavy atom. The molecule has 142 valence electrons. The Balaban J connectivity index is 2.13. The summed E-state index contributed by atoms with van der Waals surface area (Å²) >= 11 is 1.13. The number of carbonyl (C=O) groups is 3. The molecule has 1 aromatic rings. The molecular weight excluding hydrogens is 362 g/mol. The zero-order valence-electron chi connectivity index (χ0n) is 14.2. The van der Waals surface area contributed by atoms with Gasteiger partial charge in [-0.15, -0.1) is 11.8 Å². The molecule has 1 aliphatic rings. The largest absolute Gasteiger partial charge is 0.508 e. The lowest BCUT2D eigenvalue weighted by Crippen LogP contribution is -2.55. The number of carboxylic acid groups (broad SMARTS) is 2. The van der Waals surface area contributed by atoms with E-state index in [1.54, 1.807) is 13.8 Å². The van der Waals surface area contributed by atoms with Gasteiger partial charge in [-0.3, -0.25) is 14.9 Å². The average Bonchev–Trinajstić information content (AvgIpc) is 2.87. The first kappa shape index (κ1) is 20.0. The van der Waals surface area contributed by atoms with Crippen LogP contribution < -0.4 is 16.4 Å². The van der Waals surface area contributed by atoms with Gasteiger partial charge in [-0.25, -0.2) is 4.79 Å². The van der Waals surface area contributed by atoms with Crippen LogP contribution in [0, 0.1) is 0 Å². The molecule has 0 aromatic heterocycles. The number of rotatable bonds is 6. The third kappa shape index (κ3) is 4.26. The van der Waals surface area contributed by atoms with Crippen molar-refractivity contribution in [1.82, 2.24) is 10.6 Å². The summed E-state index contributed by atoms with van der Waals surface area (Å²) in [6.45, 7) is 3.37. The van der Waals surface area contributed by atoms with Gasteiger partial charge in [-0.2, -0.15) is 0 Å². The van der Waals surface area contributed by atoms with Crippen LogP contribution in [0.2, 0.25) is 0 Å². The lowest BCUT2D eigenvalue weighted by molar-refractivity contribution is -0.143. The summed E-state index contributed by atoms with van der Waals surface area (Å²) in [5.41, 5.74) is 6.26. The van der Waals surface area contributed by atoms with Crippen LogP contribution in [0.15, 0.2) is 24.3 Å². The predicted octanol–water partition coefficient (Wildman–Crippen LogP) is -0.144. The van der Waals surface area contributed by atoms with E-state index in [9.17, 15) is 29.7 Å². The van der Waals surface area contributed by atoms with Crippen LogP contribution in [0.5, 0.6) is 5.75 Å². The Kier molecular flexibility index (Phi) is 5.79. The number of hydrogen-bond donors (Lipinski definition) is 6. The van der Waals surface area contributed by atoms with E-state index in [4.69, 9.17) is 5.73 Å². The highest BCUT2D eigenvalue weighted by Crippen LogP contribution is 2.39. The summed E-state index contributed by atoms with van der Waals surface area (Å²) in [6, 6.07) is 2.20. The second-order valence-electron chi connectivity index (χ2n) is 6.47. The smallest absolute Gasteiger partial charge is 0.328 e. The van der Waals surface area contributed by atoms with Crippen molar-refractivity contribution in [2.24, 2.45) is 5.73 Å². The van der Waals surface area contributed by atoms with E-state index in [2.05, 4.69) is 10.6 Å². The highest BCUT2D eigenvalue weighted by molar-refractivity contribution is 8.01. The number of carbonyl (C=O) groups excluding carboxylic acids is 1. The minimum Gasteiger partial charge on any atom is -0.508 e. The topological polar surface area (TPSA) is 162 Å². The zero-order chi connectivity index (χ0) is 19.6.